The van der Waals surface area contributed by atoms with Gasteiger partial charge in [-0.25, -0.2) is 13.1 Å². The summed E-state index contributed by atoms with van der Waals surface area (Å²) in [5, 5.41) is 9.29. The van der Waals surface area contributed by atoms with Gasteiger partial charge in [0.15, 0.2) is 0 Å². The van der Waals surface area contributed by atoms with E-state index in [1.54, 1.807) is 18.2 Å². The molecular weight excluding hydrogens is 288 g/mol. The zero-order valence-corrected chi connectivity index (χ0v) is 13.1. The Morgan fingerprint density at radius 1 is 1.33 bits per heavy atom. The normalized spacial score (nSPS) is 26.2. The van der Waals surface area contributed by atoms with Crippen molar-refractivity contribution in [3.8, 4) is 0 Å². The first-order valence-corrected chi connectivity index (χ1v) is 8.96. The number of aliphatic hydroxyl groups excluding tert-OH is 1. The second kappa shape index (κ2) is 5.68. The number of hydrogen-bond donors (Lipinski definition) is 2. The molecule has 0 aromatic heterocycles. The predicted molar refractivity (Wildman–Crippen MR) is 80.4 cm³/mol. The highest BCUT2D eigenvalue weighted by Gasteiger charge is 2.39. The molecule has 0 aliphatic carbocycles. The van der Waals surface area contributed by atoms with Crippen LogP contribution in [0.5, 0.6) is 0 Å². The molecule has 0 radical (unpaired) electrons. The number of benzene rings is 1. The van der Waals surface area contributed by atoms with E-state index in [-0.39, 0.29) is 17.5 Å². The molecule has 5 nitrogen and oxygen atoms in total. The van der Waals surface area contributed by atoms with Crippen LogP contribution in [0.2, 0.25) is 0 Å². The van der Waals surface area contributed by atoms with Crippen molar-refractivity contribution in [1.82, 2.24) is 9.62 Å². The molecule has 0 bridgehead atoms. The Balaban J connectivity index is 1.81. The zero-order valence-electron chi connectivity index (χ0n) is 12.2. The number of aliphatic hydroxyl groups is 1. The summed E-state index contributed by atoms with van der Waals surface area (Å²) in [6, 6.07) is 5.28. The highest BCUT2D eigenvalue weighted by Crippen LogP contribution is 2.29. The molecule has 1 aromatic rings. The van der Waals surface area contributed by atoms with E-state index < -0.39 is 10.0 Å². The Morgan fingerprint density at radius 2 is 2.14 bits per heavy atom. The minimum atomic E-state index is -3.52. The van der Waals surface area contributed by atoms with Crippen molar-refractivity contribution in [3.63, 3.8) is 0 Å². The van der Waals surface area contributed by atoms with Gasteiger partial charge in [-0.1, -0.05) is 6.07 Å². The summed E-state index contributed by atoms with van der Waals surface area (Å²) < 4.78 is 28.0. The lowest BCUT2D eigenvalue weighted by atomic mass is 10.1. The van der Waals surface area contributed by atoms with Crippen LogP contribution >= 0.6 is 0 Å². The Hall–Kier alpha value is -0.950. The molecule has 21 heavy (non-hydrogen) atoms. The maximum atomic E-state index is 12.5. The lowest BCUT2D eigenvalue weighted by molar-refractivity contribution is 0.280. The molecular formula is C15H22N2O3S. The molecule has 0 spiro atoms. The second-order valence-corrected chi connectivity index (χ2v) is 7.72. The van der Waals surface area contributed by atoms with Crippen LogP contribution in [-0.4, -0.2) is 43.6 Å². The molecule has 2 atom stereocenters. The monoisotopic (exact) mass is 310 g/mol. The largest absolute Gasteiger partial charge is 0.392 e. The molecule has 2 saturated heterocycles. The molecule has 2 fully saturated rings. The standard InChI is InChI=1S/C15H22N2O3S/c1-11-4-5-13(9-12(11)10-18)21(19,20)16-14-6-8-17-7-2-3-15(14)17/h4-5,9,14-16,18H,2-3,6-8,10H2,1H3. The van der Waals surface area contributed by atoms with Gasteiger partial charge in [0.25, 0.3) is 0 Å². The van der Waals surface area contributed by atoms with Crippen molar-refractivity contribution < 1.29 is 13.5 Å². The van der Waals surface area contributed by atoms with Crippen LogP contribution in [0.1, 0.15) is 30.4 Å². The van der Waals surface area contributed by atoms with Gasteiger partial charge in [-0.15, -0.1) is 0 Å². The van der Waals surface area contributed by atoms with Crippen molar-refractivity contribution in [1.29, 1.82) is 0 Å². The average molecular weight is 310 g/mol. The van der Waals surface area contributed by atoms with E-state index in [1.807, 2.05) is 6.92 Å². The quantitative estimate of drug-likeness (QED) is 0.870. The molecule has 2 heterocycles. The first-order valence-electron chi connectivity index (χ1n) is 7.48. The van der Waals surface area contributed by atoms with E-state index in [1.165, 1.54) is 0 Å². The molecule has 6 heteroatoms. The summed E-state index contributed by atoms with van der Waals surface area (Å²) in [6.45, 7) is 3.79. The molecule has 2 unspecified atom stereocenters. The highest BCUT2D eigenvalue weighted by atomic mass is 32.2. The molecule has 2 N–H and O–H groups in total. The zero-order chi connectivity index (χ0) is 15.0. The Labute approximate surface area is 126 Å². The van der Waals surface area contributed by atoms with Crippen LogP contribution in [-0.2, 0) is 16.6 Å². The Bertz CT molecular complexity index is 630. The van der Waals surface area contributed by atoms with Gasteiger partial charge < -0.3 is 5.11 Å². The first kappa shape index (κ1) is 15.0. The number of rotatable bonds is 4. The van der Waals surface area contributed by atoms with Crippen LogP contribution in [0, 0.1) is 6.92 Å². The van der Waals surface area contributed by atoms with E-state index >= 15 is 0 Å². The summed E-state index contributed by atoms with van der Waals surface area (Å²) in [6.07, 6.45) is 3.10. The van der Waals surface area contributed by atoms with Crippen LogP contribution < -0.4 is 4.72 Å². The fourth-order valence-electron chi connectivity index (χ4n) is 3.47. The van der Waals surface area contributed by atoms with Gasteiger partial charge in [-0.05, 0) is 56.0 Å². The van der Waals surface area contributed by atoms with Crippen molar-refractivity contribution in [2.45, 2.75) is 49.8 Å². The van der Waals surface area contributed by atoms with Gasteiger partial charge in [0.1, 0.15) is 0 Å². The third kappa shape index (κ3) is 2.85. The minimum absolute atomic E-state index is 0.0105. The average Bonchev–Trinajstić information content (AvgIpc) is 3.04. The molecule has 2 aliphatic heterocycles. The third-order valence-corrected chi connectivity index (χ3v) is 6.20. The number of aryl methyl sites for hydroxylation is 1. The van der Waals surface area contributed by atoms with Crippen molar-refractivity contribution >= 4 is 10.0 Å². The second-order valence-electron chi connectivity index (χ2n) is 6.01. The number of nitrogens with one attached hydrogen (secondary N) is 1. The maximum Gasteiger partial charge on any atom is 0.240 e. The smallest absolute Gasteiger partial charge is 0.240 e. The summed E-state index contributed by atoms with van der Waals surface area (Å²) in [7, 11) is -3.52. The van der Waals surface area contributed by atoms with Crippen LogP contribution in [0.4, 0.5) is 0 Å². The van der Waals surface area contributed by atoms with Crippen molar-refractivity contribution in [3.05, 3.63) is 29.3 Å². The summed E-state index contributed by atoms with van der Waals surface area (Å²) in [5.74, 6) is 0. The predicted octanol–water partition coefficient (Wildman–Crippen LogP) is 1.00. The molecule has 2 aliphatic rings. The van der Waals surface area contributed by atoms with Crippen LogP contribution in [0.3, 0.4) is 0 Å². The summed E-state index contributed by atoms with van der Waals surface area (Å²) in [5.41, 5.74) is 1.56. The number of fused-ring (bicyclic) bond motifs is 1. The lowest BCUT2D eigenvalue weighted by Crippen LogP contribution is -2.42. The summed E-state index contributed by atoms with van der Waals surface area (Å²) in [4.78, 5) is 2.62. The SMILES string of the molecule is Cc1ccc(S(=O)(=O)NC2CCN3CCCC23)cc1CO. The molecule has 3 rings (SSSR count). The molecule has 116 valence electrons. The topological polar surface area (TPSA) is 69.6 Å². The Kier molecular flexibility index (Phi) is 4.05. The van der Waals surface area contributed by atoms with E-state index in [9.17, 15) is 13.5 Å². The number of hydrogen-bond acceptors (Lipinski definition) is 4. The lowest BCUT2D eigenvalue weighted by Gasteiger charge is -2.21. The molecule has 0 saturated carbocycles. The number of nitrogens with zero attached hydrogens (tertiary/aromatic N) is 1. The number of sulfonamides is 1. The van der Waals surface area contributed by atoms with E-state index in [0.717, 1.165) is 37.9 Å². The van der Waals surface area contributed by atoms with Crippen molar-refractivity contribution in [2.75, 3.05) is 13.1 Å². The fourth-order valence-corrected chi connectivity index (χ4v) is 4.83. The van der Waals surface area contributed by atoms with Gasteiger partial charge in [-0.2, -0.15) is 0 Å². The van der Waals surface area contributed by atoms with Gasteiger partial charge >= 0.3 is 0 Å². The van der Waals surface area contributed by atoms with E-state index in [4.69, 9.17) is 0 Å². The van der Waals surface area contributed by atoms with Crippen LogP contribution in [0.15, 0.2) is 23.1 Å². The maximum absolute atomic E-state index is 12.5. The van der Waals surface area contributed by atoms with E-state index in [2.05, 4.69) is 9.62 Å². The van der Waals surface area contributed by atoms with Gasteiger partial charge in [-0.3, -0.25) is 4.90 Å². The minimum Gasteiger partial charge on any atom is -0.392 e. The molecule has 0 amide bonds. The highest BCUT2D eigenvalue weighted by molar-refractivity contribution is 7.89. The third-order valence-electron chi connectivity index (χ3n) is 4.71. The van der Waals surface area contributed by atoms with Crippen LogP contribution in [0.25, 0.3) is 0 Å². The van der Waals surface area contributed by atoms with Gasteiger partial charge in [0, 0.05) is 18.6 Å². The fraction of sp³-hybridized carbons (Fsp3) is 0.600. The summed E-state index contributed by atoms with van der Waals surface area (Å²) >= 11 is 0. The van der Waals surface area contributed by atoms with E-state index in [0.29, 0.717) is 11.6 Å². The van der Waals surface area contributed by atoms with Gasteiger partial charge in [0.05, 0.1) is 11.5 Å². The molecule has 1 aromatic carbocycles. The van der Waals surface area contributed by atoms with Crippen molar-refractivity contribution in [2.24, 2.45) is 0 Å². The van der Waals surface area contributed by atoms with Gasteiger partial charge in [0.2, 0.25) is 10.0 Å². The Morgan fingerprint density at radius 3 is 2.90 bits per heavy atom. The first-order chi connectivity index (χ1) is 10.0.